The van der Waals surface area contributed by atoms with Gasteiger partial charge in [-0.15, -0.1) is 0 Å². The Kier molecular flexibility index (Phi) is 6.06. The van der Waals surface area contributed by atoms with Crippen LogP contribution in [-0.2, 0) is 6.54 Å². The number of nitrogens with zero attached hydrogens (tertiary/aromatic N) is 1. The summed E-state index contributed by atoms with van der Waals surface area (Å²) < 4.78 is 24.1. The normalized spacial score (nSPS) is 10.2. The molecule has 28 heavy (non-hydrogen) atoms. The molecule has 0 aliphatic carbocycles. The molecule has 7 heteroatoms. The van der Waals surface area contributed by atoms with Crippen LogP contribution in [0.5, 0.6) is 11.5 Å². The van der Waals surface area contributed by atoms with Crippen LogP contribution in [0.1, 0.15) is 16.1 Å². The molecule has 6 nitrogen and oxygen atoms in total. The number of benzene rings is 2. The van der Waals surface area contributed by atoms with Gasteiger partial charge in [0.1, 0.15) is 11.5 Å². The Morgan fingerprint density at radius 2 is 1.82 bits per heavy atom. The number of carbonyl (C=O) groups excluding carboxylic acids is 1. The molecule has 0 aliphatic rings. The van der Waals surface area contributed by atoms with Gasteiger partial charge >= 0.3 is 0 Å². The summed E-state index contributed by atoms with van der Waals surface area (Å²) in [6.45, 7) is 0.544. The molecule has 0 bridgehead atoms. The molecule has 0 fully saturated rings. The molecule has 3 rings (SSSR count). The van der Waals surface area contributed by atoms with Gasteiger partial charge in [0.15, 0.2) is 11.5 Å². The van der Waals surface area contributed by atoms with Crippen molar-refractivity contribution in [1.82, 2.24) is 4.98 Å². The lowest BCUT2D eigenvalue weighted by Crippen LogP contribution is -2.14. The van der Waals surface area contributed by atoms with Crippen molar-refractivity contribution < 1.29 is 18.7 Å². The second-order valence-corrected chi connectivity index (χ2v) is 5.91. The van der Waals surface area contributed by atoms with E-state index in [2.05, 4.69) is 15.6 Å². The molecule has 0 saturated heterocycles. The molecule has 3 aromatic rings. The minimum atomic E-state index is -0.496. The summed E-state index contributed by atoms with van der Waals surface area (Å²) in [4.78, 5) is 16.3. The fraction of sp³-hybridized carbons (Fsp3) is 0.143. The van der Waals surface area contributed by atoms with Gasteiger partial charge in [-0.1, -0.05) is 18.2 Å². The van der Waals surface area contributed by atoms with Gasteiger partial charge in [-0.05, 0) is 42.0 Å². The molecule has 2 aromatic carbocycles. The number of carbonyl (C=O) groups is 1. The number of hydrogen-bond donors (Lipinski definition) is 2. The molecule has 0 aliphatic heterocycles. The number of ether oxygens (including phenoxy) is 2. The van der Waals surface area contributed by atoms with Crippen molar-refractivity contribution in [3.8, 4) is 11.5 Å². The standard InChI is InChI=1S/C21H20FN3O3/c1-27-19-10-7-14(11-20(19)28-2)12-23-15-8-9-18(24-13-15)21(26)25-17-6-4-3-5-16(17)22/h3-11,13,23H,12H2,1-2H3,(H,25,26). The number of amides is 1. The van der Waals surface area contributed by atoms with Crippen LogP contribution in [0.3, 0.4) is 0 Å². The van der Waals surface area contributed by atoms with E-state index in [-0.39, 0.29) is 11.4 Å². The molecular weight excluding hydrogens is 361 g/mol. The highest BCUT2D eigenvalue weighted by Crippen LogP contribution is 2.27. The second kappa shape index (κ2) is 8.85. The van der Waals surface area contributed by atoms with Gasteiger partial charge in [0.05, 0.1) is 31.8 Å². The van der Waals surface area contributed by atoms with Crippen molar-refractivity contribution in [3.63, 3.8) is 0 Å². The van der Waals surface area contributed by atoms with Gasteiger partial charge in [-0.3, -0.25) is 4.79 Å². The Bertz CT molecular complexity index is 961. The summed E-state index contributed by atoms with van der Waals surface area (Å²) in [5.74, 6) is 0.346. The van der Waals surface area contributed by atoms with E-state index in [0.717, 1.165) is 11.3 Å². The first kappa shape index (κ1) is 19.2. The zero-order valence-corrected chi connectivity index (χ0v) is 15.5. The van der Waals surface area contributed by atoms with Gasteiger partial charge in [0, 0.05) is 6.54 Å². The van der Waals surface area contributed by atoms with E-state index >= 15 is 0 Å². The summed E-state index contributed by atoms with van der Waals surface area (Å²) in [6.07, 6.45) is 1.55. The smallest absolute Gasteiger partial charge is 0.274 e. The van der Waals surface area contributed by atoms with Crippen molar-refractivity contribution in [2.75, 3.05) is 24.9 Å². The molecule has 0 unspecified atom stereocenters. The van der Waals surface area contributed by atoms with Crippen LogP contribution in [-0.4, -0.2) is 25.1 Å². The first-order valence-electron chi connectivity index (χ1n) is 8.57. The molecule has 1 heterocycles. The summed E-state index contributed by atoms with van der Waals surface area (Å²) >= 11 is 0. The van der Waals surface area contributed by atoms with Crippen molar-refractivity contribution >= 4 is 17.3 Å². The average molecular weight is 381 g/mol. The number of hydrogen-bond acceptors (Lipinski definition) is 5. The fourth-order valence-corrected chi connectivity index (χ4v) is 2.58. The first-order chi connectivity index (χ1) is 13.6. The highest BCUT2D eigenvalue weighted by Gasteiger charge is 2.10. The minimum Gasteiger partial charge on any atom is -0.493 e. The van der Waals surface area contributed by atoms with Gasteiger partial charge in [0.2, 0.25) is 0 Å². The first-order valence-corrected chi connectivity index (χ1v) is 8.57. The molecule has 0 radical (unpaired) electrons. The SMILES string of the molecule is COc1ccc(CNc2ccc(C(=O)Nc3ccccc3F)nc2)cc1OC. The maximum atomic E-state index is 13.6. The number of rotatable bonds is 7. The van der Waals surface area contributed by atoms with Crippen LogP contribution < -0.4 is 20.1 Å². The molecule has 0 spiro atoms. The topological polar surface area (TPSA) is 72.5 Å². The average Bonchev–Trinajstić information content (AvgIpc) is 2.74. The highest BCUT2D eigenvalue weighted by molar-refractivity contribution is 6.03. The third kappa shape index (κ3) is 4.56. The lowest BCUT2D eigenvalue weighted by atomic mass is 10.2. The van der Waals surface area contributed by atoms with Crippen molar-refractivity contribution in [3.05, 3.63) is 77.9 Å². The second-order valence-electron chi connectivity index (χ2n) is 5.91. The molecule has 144 valence electrons. The van der Waals surface area contributed by atoms with Gasteiger partial charge in [-0.2, -0.15) is 0 Å². The number of pyridine rings is 1. The lowest BCUT2D eigenvalue weighted by molar-refractivity contribution is 0.102. The molecular formula is C21H20FN3O3. The number of para-hydroxylation sites is 1. The number of anilines is 2. The van der Waals surface area contributed by atoms with Crippen molar-refractivity contribution in [1.29, 1.82) is 0 Å². The van der Waals surface area contributed by atoms with Crippen molar-refractivity contribution in [2.45, 2.75) is 6.54 Å². The zero-order valence-electron chi connectivity index (χ0n) is 15.5. The Labute approximate surface area is 162 Å². The summed E-state index contributed by atoms with van der Waals surface area (Å²) in [6, 6.07) is 14.9. The number of aromatic nitrogens is 1. The van der Waals surface area contributed by atoms with E-state index in [0.29, 0.717) is 18.0 Å². The Morgan fingerprint density at radius 1 is 1.04 bits per heavy atom. The van der Waals surface area contributed by atoms with Gasteiger partial charge in [0.25, 0.3) is 5.91 Å². The van der Waals surface area contributed by atoms with E-state index in [9.17, 15) is 9.18 Å². The van der Waals surface area contributed by atoms with Crippen LogP contribution in [0.2, 0.25) is 0 Å². The van der Waals surface area contributed by atoms with Gasteiger partial charge < -0.3 is 20.1 Å². The number of nitrogens with one attached hydrogen (secondary N) is 2. The predicted molar refractivity (Wildman–Crippen MR) is 105 cm³/mol. The predicted octanol–water partition coefficient (Wildman–Crippen LogP) is 4.10. The molecule has 0 saturated carbocycles. The van der Waals surface area contributed by atoms with E-state index < -0.39 is 11.7 Å². The molecule has 1 aromatic heterocycles. The lowest BCUT2D eigenvalue weighted by Gasteiger charge is -2.11. The monoisotopic (exact) mass is 381 g/mol. The van der Waals surface area contributed by atoms with Crippen LogP contribution in [0.4, 0.5) is 15.8 Å². The molecule has 0 atom stereocenters. The van der Waals surface area contributed by atoms with Crippen LogP contribution in [0.25, 0.3) is 0 Å². The number of methoxy groups -OCH3 is 2. The maximum absolute atomic E-state index is 13.6. The Balaban J connectivity index is 1.61. The van der Waals surface area contributed by atoms with Crippen LogP contribution in [0, 0.1) is 5.82 Å². The number of halogens is 1. The van der Waals surface area contributed by atoms with E-state index in [4.69, 9.17) is 9.47 Å². The van der Waals surface area contributed by atoms with E-state index in [1.807, 2.05) is 18.2 Å². The Hall–Kier alpha value is -3.61. The zero-order chi connectivity index (χ0) is 19.9. The summed E-state index contributed by atoms with van der Waals surface area (Å²) in [5, 5.41) is 5.73. The van der Waals surface area contributed by atoms with E-state index in [1.54, 1.807) is 44.7 Å². The largest absolute Gasteiger partial charge is 0.493 e. The van der Waals surface area contributed by atoms with Crippen LogP contribution in [0.15, 0.2) is 60.8 Å². The molecule has 2 N–H and O–H groups in total. The fourth-order valence-electron chi connectivity index (χ4n) is 2.58. The maximum Gasteiger partial charge on any atom is 0.274 e. The summed E-state index contributed by atoms with van der Waals surface area (Å²) in [5.41, 5.74) is 2.06. The minimum absolute atomic E-state index is 0.116. The third-order valence-electron chi connectivity index (χ3n) is 4.06. The third-order valence-corrected chi connectivity index (χ3v) is 4.06. The van der Waals surface area contributed by atoms with E-state index in [1.165, 1.54) is 12.1 Å². The van der Waals surface area contributed by atoms with Crippen molar-refractivity contribution in [2.24, 2.45) is 0 Å². The highest BCUT2D eigenvalue weighted by atomic mass is 19.1. The van der Waals surface area contributed by atoms with Crippen LogP contribution >= 0.6 is 0 Å². The van der Waals surface area contributed by atoms with Gasteiger partial charge in [-0.25, -0.2) is 9.37 Å². The quantitative estimate of drug-likeness (QED) is 0.645. The summed E-state index contributed by atoms with van der Waals surface area (Å²) in [7, 11) is 3.18. The Morgan fingerprint density at radius 3 is 2.50 bits per heavy atom. The molecule has 1 amide bonds.